The predicted molar refractivity (Wildman–Crippen MR) is 144 cm³/mol. The molecule has 4 aliphatic carbocycles. The van der Waals surface area contributed by atoms with Gasteiger partial charge in [0.15, 0.2) is 17.2 Å². The Bertz CT molecular complexity index is 1170. The molecular formula is C30H36BrNO4. The van der Waals surface area contributed by atoms with Crippen molar-refractivity contribution in [1.29, 1.82) is 0 Å². The zero-order valence-corrected chi connectivity index (χ0v) is 23.3. The maximum Gasteiger partial charge on any atom is 0.303 e. The maximum atomic E-state index is 13.5. The Hall–Kier alpha value is -2.21. The molecule has 0 saturated heterocycles. The lowest BCUT2D eigenvalue weighted by Gasteiger charge is -2.55. The number of ketones is 2. The van der Waals surface area contributed by atoms with E-state index in [2.05, 4.69) is 52.0 Å². The summed E-state index contributed by atoms with van der Waals surface area (Å²) in [5, 5.41) is 0.179. The molecule has 3 unspecified atom stereocenters. The van der Waals surface area contributed by atoms with Crippen molar-refractivity contribution in [3.05, 3.63) is 52.6 Å². The molecule has 192 valence electrons. The van der Waals surface area contributed by atoms with E-state index in [1.54, 1.807) is 0 Å². The Morgan fingerprint density at radius 1 is 1.11 bits per heavy atom. The second-order valence-corrected chi connectivity index (χ2v) is 12.1. The standard InChI is InChI=1S/C30H36BrNO4/c1-18(33)36-30(27(35)17-31)14-13-26-24-11-7-20-15-22(34)10-12-23(20)28(24)25(16-29(26,30)2)19-5-8-21(9-6-19)32(3)4/h5-6,8-9,15,24-26H,7,10-14,16-17H2,1-4H3/t24?,25?,26?,29-,30+/m0/s1. The number of hydrogen-bond donors (Lipinski definition) is 0. The number of carbonyl (C=O) groups excluding carboxylic acids is 3. The Morgan fingerprint density at radius 3 is 2.47 bits per heavy atom. The van der Waals surface area contributed by atoms with E-state index in [0.717, 1.165) is 37.8 Å². The molecular weight excluding hydrogens is 518 g/mol. The molecule has 0 radical (unpaired) electrons. The highest BCUT2D eigenvalue weighted by atomic mass is 79.9. The summed E-state index contributed by atoms with van der Waals surface area (Å²) >= 11 is 3.40. The summed E-state index contributed by atoms with van der Waals surface area (Å²) < 4.78 is 6.06. The lowest BCUT2D eigenvalue weighted by molar-refractivity contribution is -0.182. The molecule has 2 saturated carbocycles. The summed E-state index contributed by atoms with van der Waals surface area (Å²) in [6, 6.07) is 8.75. The maximum absolute atomic E-state index is 13.5. The van der Waals surface area contributed by atoms with Crippen LogP contribution in [0.5, 0.6) is 0 Å². The van der Waals surface area contributed by atoms with E-state index < -0.39 is 11.0 Å². The van der Waals surface area contributed by atoms with Crippen LogP contribution in [0.25, 0.3) is 0 Å². The van der Waals surface area contributed by atoms with Crippen molar-refractivity contribution in [2.24, 2.45) is 17.3 Å². The summed E-state index contributed by atoms with van der Waals surface area (Å²) in [5.41, 5.74) is 4.89. The topological polar surface area (TPSA) is 63.7 Å². The smallest absolute Gasteiger partial charge is 0.303 e. The van der Waals surface area contributed by atoms with Crippen molar-refractivity contribution in [3.8, 4) is 0 Å². The van der Waals surface area contributed by atoms with Gasteiger partial charge in [-0.05, 0) is 85.3 Å². The fourth-order valence-electron chi connectivity index (χ4n) is 7.99. The van der Waals surface area contributed by atoms with Crippen LogP contribution in [0.1, 0.15) is 70.3 Å². The van der Waals surface area contributed by atoms with Crippen molar-refractivity contribution >= 4 is 39.2 Å². The average molecular weight is 555 g/mol. The highest BCUT2D eigenvalue weighted by Crippen LogP contribution is 2.67. The average Bonchev–Trinajstić information content (AvgIpc) is 3.14. The molecule has 4 aliphatic rings. The first kappa shape index (κ1) is 25.4. The minimum absolute atomic E-state index is 0.0276. The van der Waals surface area contributed by atoms with Gasteiger partial charge >= 0.3 is 5.97 Å². The molecule has 5 atom stereocenters. The highest BCUT2D eigenvalue weighted by Gasteiger charge is 2.67. The molecule has 0 heterocycles. The van der Waals surface area contributed by atoms with Crippen LogP contribution in [0.15, 0.2) is 47.1 Å². The minimum atomic E-state index is -1.11. The fraction of sp³-hybridized carbons (Fsp3) is 0.567. The number of Topliss-reactive ketones (excluding diaryl/α,β-unsaturated/α-hetero) is 1. The molecule has 1 aromatic rings. The Labute approximate surface area is 222 Å². The number of halogens is 1. The van der Waals surface area contributed by atoms with Crippen molar-refractivity contribution in [2.45, 2.75) is 70.3 Å². The Balaban J connectivity index is 1.69. The monoisotopic (exact) mass is 553 g/mol. The number of alkyl halides is 1. The number of benzene rings is 1. The summed E-state index contributed by atoms with van der Waals surface area (Å²) in [6.07, 6.45) is 7.34. The Kier molecular flexibility index (Phi) is 6.55. The van der Waals surface area contributed by atoms with Crippen LogP contribution in [-0.2, 0) is 19.1 Å². The van der Waals surface area contributed by atoms with Gasteiger partial charge in [-0.1, -0.05) is 40.6 Å². The number of rotatable bonds is 5. The van der Waals surface area contributed by atoms with Gasteiger partial charge in [0.2, 0.25) is 0 Å². The van der Waals surface area contributed by atoms with Gasteiger partial charge in [-0.2, -0.15) is 0 Å². The molecule has 0 N–H and O–H groups in total. The van der Waals surface area contributed by atoms with Gasteiger partial charge in [0.05, 0.1) is 5.33 Å². The van der Waals surface area contributed by atoms with Gasteiger partial charge in [-0.25, -0.2) is 0 Å². The molecule has 0 amide bonds. The SMILES string of the molecule is CC(=O)O[C@@]1(C(=O)CBr)CCC2C3CCC4=CC(=O)CCC4=C3C(c3ccc(N(C)C)cc3)C[C@@]21C. The van der Waals surface area contributed by atoms with E-state index in [1.165, 1.54) is 29.2 Å². The summed E-state index contributed by atoms with van der Waals surface area (Å²) in [5.74, 6) is 0.526. The third-order valence-corrected chi connectivity index (χ3v) is 10.1. The van der Waals surface area contributed by atoms with E-state index in [-0.39, 0.29) is 34.7 Å². The van der Waals surface area contributed by atoms with E-state index in [4.69, 9.17) is 4.74 Å². The summed E-state index contributed by atoms with van der Waals surface area (Å²) in [6.45, 7) is 3.62. The lowest BCUT2D eigenvalue weighted by Crippen LogP contribution is -2.58. The highest BCUT2D eigenvalue weighted by molar-refractivity contribution is 9.09. The van der Waals surface area contributed by atoms with Crippen LogP contribution in [0, 0.1) is 17.3 Å². The molecule has 6 heteroatoms. The van der Waals surface area contributed by atoms with Gasteiger partial charge in [-0.15, -0.1) is 0 Å². The molecule has 5 nitrogen and oxygen atoms in total. The molecule has 5 rings (SSSR count). The summed E-state index contributed by atoms with van der Waals surface area (Å²) in [4.78, 5) is 40.2. The normalized spacial score (nSPS) is 33.3. The number of esters is 1. The number of allylic oxidation sites excluding steroid dienone is 4. The van der Waals surface area contributed by atoms with E-state index in [0.29, 0.717) is 18.8 Å². The second kappa shape index (κ2) is 9.27. The largest absolute Gasteiger partial charge is 0.451 e. The van der Waals surface area contributed by atoms with Gasteiger partial charge in [0, 0.05) is 44.5 Å². The number of ether oxygens (including phenoxy) is 1. The van der Waals surface area contributed by atoms with Gasteiger partial charge in [0.1, 0.15) is 0 Å². The molecule has 1 aromatic carbocycles. The van der Waals surface area contributed by atoms with Crippen LogP contribution >= 0.6 is 15.9 Å². The minimum Gasteiger partial charge on any atom is -0.451 e. The van der Waals surface area contributed by atoms with Crippen molar-refractivity contribution in [1.82, 2.24) is 0 Å². The van der Waals surface area contributed by atoms with Crippen molar-refractivity contribution in [3.63, 3.8) is 0 Å². The second-order valence-electron chi connectivity index (χ2n) is 11.5. The van der Waals surface area contributed by atoms with E-state index in [1.807, 2.05) is 20.2 Å². The third-order valence-electron chi connectivity index (χ3n) is 9.56. The Morgan fingerprint density at radius 2 is 1.83 bits per heavy atom. The lowest BCUT2D eigenvalue weighted by atomic mass is 9.50. The van der Waals surface area contributed by atoms with Crippen LogP contribution in [0.2, 0.25) is 0 Å². The number of carbonyl (C=O) groups is 3. The molecule has 0 bridgehead atoms. The van der Waals surface area contributed by atoms with Crippen molar-refractivity contribution in [2.75, 3.05) is 24.3 Å². The quantitative estimate of drug-likeness (QED) is 0.334. The molecule has 2 fully saturated rings. The van der Waals surface area contributed by atoms with Gasteiger partial charge in [-0.3, -0.25) is 14.4 Å². The first-order valence-corrected chi connectivity index (χ1v) is 14.3. The fourth-order valence-corrected chi connectivity index (χ4v) is 8.44. The number of hydrogen-bond acceptors (Lipinski definition) is 5. The molecule has 0 aliphatic heterocycles. The van der Waals surface area contributed by atoms with Gasteiger partial charge < -0.3 is 9.64 Å². The number of anilines is 1. The van der Waals surface area contributed by atoms with Crippen LogP contribution in [0.4, 0.5) is 5.69 Å². The number of nitrogens with zero attached hydrogens (tertiary/aromatic N) is 1. The first-order chi connectivity index (χ1) is 17.1. The van der Waals surface area contributed by atoms with E-state index >= 15 is 0 Å². The van der Waals surface area contributed by atoms with E-state index in [9.17, 15) is 14.4 Å². The molecule has 0 spiro atoms. The number of fused-ring (bicyclic) bond motifs is 4. The molecule has 36 heavy (non-hydrogen) atoms. The van der Waals surface area contributed by atoms with Crippen LogP contribution in [0.3, 0.4) is 0 Å². The summed E-state index contributed by atoms with van der Waals surface area (Å²) in [7, 11) is 4.08. The van der Waals surface area contributed by atoms with Crippen LogP contribution < -0.4 is 4.90 Å². The zero-order chi connectivity index (χ0) is 25.8. The zero-order valence-electron chi connectivity index (χ0n) is 21.7. The van der Waals surface area contributed by atoms with Crippen LogP contribution in [-0.4, -0.2) is 42.6 Å². The molecule has 0 aromatic heterocycles. The predicted octanol–water partition coefficient (Wildman–Crippen LogP) is 5.92. The van der Waals surface area contributed by atoms with Gasteiger partial charge in [0.25, 0.3) is 0 Å². The van der Waals surface area contributed by atoms with Crippen molar-refractivity contribution < 1.29 is 19.1 Å². The third kappa shape index (κ3) is 3.82. The first-order valence-electron chi connectivity index (χ1n) is 13.1.